The van der Waals surface area contributed by atoms with Gasteiger partial charge in [0.15, 0.2) is 0 Å². The Balaban J connectivity index is 2.06. The lowest BCUT2D eigenvalue weighted by Gasteiger charge is -2.15. The number of anilines is 1. The molecule has 1 aromatic heterocycles. The van der Waals surface area contributed by atoms with Gasteiger partial charge >= 0.3 is 0 Å². The number of alkyl halides is 1. The number of nitrogen functional groups attached to an aromatic ring is 1. The second-order valence-corrected chi connectivity index (χ2v) is 4.28. The Bertz CT molecular complexity index is 383. The maximum absolute atomic E-state index is 11.5. The molecule has 1 aliphatic rings. The largest absolute Gasteiger partial charge is 0.384 e. The second-order valence-electron chi connectivity index (χ2n) is 3.66. The van der Waals surface area contributed by atoms with Crippen molar-refractivity contribution in [2.45, 2.75) is 18.3 Å². The normalized spacial score (nSPS) is 21.0. The van der Waals surface area contributed by atoms with Crippen LogP contribution in [0.25, 0.3) is 0 Å². The van der Waals surface area contributed by atoms with Crippen molar-refractivity contribution < 1.29 is 4.79 Å². The zero-order chi connectivity index (χ0) is 10.8. The van der Waals surface area contributed by atoms with Gasteiger partial charge in [-0.25, -0.2) is 4.98 Å². The first-order valence-electron chi connectivity index (χ1n) is 4.77. The smallest absolute Gasteiger partial charge is 0.224 e. The van der Waals surface area contributed by atoms with Crippen molar-refractivity contribution in [2.24, 2.45) is 0 Å². The topological polar surface area (TPSA) is 59.2 Å². The molecular formula is C10H12ClN3O. The highest BCUT2D eigenvalue weighted by Crippen LogP contribution is 2.19. The molecular weight excluding hydrogens is 214 g/mol. The zero-order valence-electron chi connectivity index (χ0n) is 8.19. The summed E-state index contributed by atoms with van der Waals surface area (Å²) >= 11 is 5.90. The predicted molar refractivity (Wildman–Crippen MR) is 58.3 cm³/mol. The molecule has 0 radical (unpaired) electrons. The minimum atomic E-state index is -0.0586. The van der Waals surface area contributed by atoms with Crippen molar-refractivity contribution >= 4 is 23.3 Å². The summed E-state index contributed by atoms with van der Waals surface area (Å²) in [7, 11) is 0. The minimum absolute atomic E-state index is 0.0586. The molecule has 0 aliphatic carbocycles. The molecule has 2 heterocycles. The first-order valence-corrected chi connectivity index (χ1v) is 5.21. The summed E-state index contributed by atoms with van der Waals surface area (Å²) in [6, 6.07) is 3.63. The molecule has 1 amide bonds. The third kappa shape index (κ3) is 2.39. The Morgan fingerprint density at radius 2 is 2.47 bits per heavy atom. The number of nitrogens with zero attached hydrogens (tertiary/aromatic N) is 2. The number of nitrogens with two attached hydrogens (primary N) is 1. The molecule has 0 bridgehead atoms. The monoisotopic (exact) mass is 225 g/mol. The van der Waals surface area contributed by atoms with Crippen molar-refractivity contribution in [3.63, 3.8) is 0 Å². The molecule has 2 N–H and O–H groups in total. The quantitative estimate of drug-likeness (QED) is 0.764. The molecule has 0 spiro atoms. The second kappa shape index (κ2) is 4.06. The van der Waals surface area contributed by atoms with Crippen LogP contribution in [0.3, 0.4) is 0 Å². The fourth-order valence-corrected chi connectivity index (χ4v) is 1.99. The Morgan fingerprint density at radius 3 is 3.07 bits per heavy atom. The fraction of sp³-hybridized carbons (Fsp3) is 0.400. The lowest BCUT2D eigenvalue weighted by Crippen LogP contribution is -2.24. The van der Waals surface area contributed by atoms with E-state index in [1.807, 2.05) is 6.07 Å². The molecule has 1 aromatic rings. The van der Waals surface area contributed by atoms with Crippen LogP contribution >= 0.6 is 11.6 Å². The van der Waals surface area contributed by atoms with Crippen molar-refractivity contribution in [3.8, 4) is 0 Å². The number of carbonyl (C=O) groups excluding carboxylic acids is 1. The highest BCUT2D eigenvalue weighted by Gasteiger charge is 2.27. The van der Waals surface area contributed by atoms with Gasteiger partial charge in [-0.05, 0) is 17.7 Å². The average molecular weight is 226 g/mol. The van der Waals surface area contributed by atoms with Gasteiger partial charge in [0.2, 0.25) is 5.91 Å². The van der Waals surface area contributed by atoms with E-state index in [1.54, 1.807) is 17.2 Å². The van der Waals surface area contributed by atoms with Gasteiger partial charge in [0.1, 0.15) is 5.82 Å². The van der Waals surface area contributed by atoms with Crippen LogP contribution < -0.4 is 5.73 Å². The molecule has 15 heavy (non-hydrogen) atoms. The summed E-state index contributed by atoms with van der Waals surface area (Å²) < 4.78 is 0. The van der Waals surface area contributed by atoms with Crippen LogP contribution in [0.15, 0.2) is 18.3 Å². The van der Waals surface area contributed by atoms with E-state index >= 15 is 0 Å². The Hall–Kier alpha value is -1.29. The van der Waals surface area contributed by atoms with Gasteiger partial charge in [0.25, 0.3) is 0 Å². The van der Waals surface area contributed by atoms with Crippen LogP contribution in [-0.4, -0.2) is 27.7 Å². The van der Waals surface area contributed by atoms with Crippen LogP contribution in [-0.2, 0) is 11.3 Å². The average Bonchev–Trinajstić information content (AvgIpc) is 2.45. The highest BCUT2D eigenvalue weighted by molar-refractivity contribution is 6.22. The van der Waals surface area contributed by atoms with Gasteiger partial charge in [-0.2, -0.15) is 0 Å². The Kier molecular flexibility index (Phi) is 2.77. The van der Waals surface area contributed by atoms with Crippen LogP contribution in [0.5, 0.6) is 0 Å². The molecule has 1 atom stereocenters. The third-order valence-corrected chi connectivity index (χ3v) is 2.68. The first-order chi connectivity index (χ1) is 7.15. The van der Waals surface area contributed by atoms with E-state index in [9.17, 15) is 4.79 Å². The van der Waals surface area contributed by atoms with Crippen molar-refractivity contribution in [1.82, 2.24) is 9.88 Å². The van der Waals surface area contributed by atoms with Gasteiger partial charge in [0, 0.05) is 25.7 Å². The van der Waals surface area contributed by atoms with Gasteiger partial charge in [0.05, 0.1) is 5.38 Å². The number of halogens is 1. The highest BCUT2D eigenvalue weighted by atomic mass is 35.5. The molecule has 5 heteroatoms. The van der Waals surface area contributed by atoms with Crippen molar-refractivity contribution in [3.05, 3.63) is 23.9 Å². The van der Waals surface area contributed by atoms with E-state index in [-0.39, 0.29) is 11.3 Å². The van der Waals surface area contributed by atoms with Crippen molar-refractivity contribution in [2.75, 3.05) is 12.3 Å². The van der Waals surface area contributed by atoms with Crippen LogP contribution in [0, 0.1) is 0 Å². The maximum Gasteiger partial charge on any atom is 0.224 e. The molecule has 4 nitrogen and oxygen atoms in total. The lowest BCUT2D eigenvalue weighted by atomic mass is 10.2. The third-order valence-electron chi connectivity index (χ3n) is 2.39. The van der Waals surface area contributed by atoms with Crippen molar-refractivity contribution in [1.29, 1.82) is 0 Å². The summed E-state index contributed by atoms with van der Waals surface area (Å²) in [4.78, 5) is 17.1. The van der Waals surface area contributed by atoms with Gasteiger partial charge in [-0.3, -0.25) is 4.79 Å². The summed E-state index contributed by atoms with van der Waals surface area (Å²) in [6.07, 6.45) is 2.07. The summed E-state index contributed by atoms with van der Waals surface area (Å²) in [5, 5.41) is -0.0586. The molecule has 1 unspecified atom stereocenters. The molecule has 1 aliphatic heterocycles. The molecule has 2 rings (SSSR count). The predicted octanol–water partition coefficient (Wildman–Crippen LogP) is 1.00. The molecule has 0 aromatic carbocycles. The Morgan fingerprint density at radius 1 is 1.67 bits per heavy atom. The Labute approximate surface area is 93.0 Å². The SMILES string of the molecule is Nc1cc(CN2CC(Cl)CC2=O)ccn1. The first kappa shape index (κ1) is 10.2. The molecule has 0 saturated carbocycles. The molecule has 1 fully saturated rings. The van der Waals surface area contributed by atoms with Gasteiger partial charge in [-0.15, -0.1) is 11.6 Å². The van der Waals surface area contributed by atoms with E-state index in [2.05, 4.69) is 4.98 Å². The minimum Gasteiger partial charge on any atom is -0.384 e. The molecule has 1 saturated heterocycles. The summed E-state index contributed by atoms with van der Waals surface area (Å²) in [6.45, 7) is 1.18. The van der Waals surface area contributed by atoms with E-state index in [4.69, 9.17) is 17.3 Å². The number of likely N-dealkylation sites (tertiary alicyclic amines) is 1. The number of aromatic nitrogens is 1. The molecule has 80 valence electrons. The number of hydrogen-bond acceptors (Lipinski definition) is 3. The van der Waals surface area contributed by atoms with Crippen LogP contribution in [0.2, 0.25) is 0 Å². The van der Waals surface area contributed by atoms with E-state index < -0.39 is 0 Å². The van der Waals surface area contributed by atoms with E-state index in [0.717, 1.165) is 5.56 Å². The van der Waals surface area contributed by atoms with Crippen LogP contribution in [0.1, 0.15) is 12.0 Å². The number of rotatable bonds is 2. The number of hydrogen-bond donors (Lipinski definition) is 1. The zero-order valence-corrected chi connectivity index (χ0v) is 8.94. The van der Waals surface area contributed by atoms with E-state index in [0.29, 0.717) is 25.3 Å². The number of pyridine rings is 1. The van der Waals surface area contributed by atoms with Gasteiger partial charge < -0.3 is 10.6 Å². The number of amides is 1. The lowest BCUT2D eigenvalue weighted by molar-refractivity contribution is -0.128. The standard InChI is InChI=1S/C10H12ClN3O/c11-8-4-10(15)14(6-8)5-7-1-2-13-9(12)3-7/h1-3,8H,4-6H2,(H2,12,13). The fourth-order valence-electron chi connectivity index (χ4n) is 1.69. The van der Waals surface area contributed by atoms with Crippen LogP contribution in [0.4, 0.5) is 5.82 Å². The summed E-state index contributed by atoms with van der Waals surface area (Å²) in [5.74, 6) is 0.576. The number of carbonyl (C=O) groups is 1. The van der Waals surface area contributed by atoms with Gasteiger partial charge in [-0.1, -0.05) is 0 Å². The van der Waals surface area contributed by atoms with E-state index in [1.165, 1.54) is 0 Å². The summed E-state index contributed by atoms with van der Waals surface area (Å²) in [5.41, 5.74) is 6.54. The maximum atomic E-state index is 11.5.